The number of rotatable bonds is 2. The van der Waals surface area contributed by atoms with Gasteiger partial charge in [-0.3, -0.25) is 9.48 Å². The molecule has 3 heterocycles. The molecule has 0 unspecified atom stereocenters. The molecule has 0 saturated carbocycles. The Balaban J connectivity index is 1.68. The molecule has 116 valence electrons. The van der Waals surface area contributed by atoms with Gasteiger partial charge < -0.3 is 9.80 Å². The van der Waals surface area contributed by atoms with E-state index in [2.05, 4.69) is 43.9 Å². The number of aryl methyl sites for hydroxylation is 2. The van der Waals surface area contributed by atoms with Crippen LogP contribution in [0, 0.1) is 6.92 Å². The van der Waals surface area contributed by atoms with Gasteiger partial charge in [-0.1, -0.05) is 0 Å². The van der Waals surface area contributed by atoms with Crippen molar-refractivity contribution in [2.45, 2.75) is 6.92 Å². The molecule has 1 saturated heterocycles. The number of anilines is 1. The topological polar surface area (TPSA) is 54.3 Å². The van der Waals surface area contributed by atoms with E-state index in [0.29, 0.717) is 18.8 Å². The van der Waals surface area contributed by atoms with Crippen LogP contribution in [0.3, 0.4) is 0 Å². The summed E-state index contributed by atoms with van der Waals surface area (Å²) in [6.07, 6.45) is 3.47. The highest BCUT2D eigenvalue weighted by atomic mass is 79.9. The van der Waals surface area contributed by atoms with Crippen LogP contribution in [0.15, 0.2) is 29.0 Å². The summed E-state index contributed by atoms with van der Waals surface area (Å²) in [5.74, 6) is 1.04. The third-order valence-corrected chi connectivity index (χ3v) is 4.36. The maximum Gasteiger partial charge on any atom is 0.272 e. The summed E-state index contributed by atoms with van der Waals surface area (Å²) in [5.41, 5.74) is 1.77. The molecule has 6 nitrogen and oxygen atoms in total. The maximum atomic E-state index is 12.5. The fourth-order valence-electron chi connectivity index (χ4n) is 2.73. The third-order valence-electron chi connectivity index (χ3n) is 3.92. The predicted molar refractivity (Wildman–Crippen MR) is 88.0 cm³/mol. The van der Waals surface area contributed by atoms with Crippen molar-refractivity contribution in [3.05, 3.63) is 40.3 Å². The number of nitrogens with zero attached hydrogens (tertiary/aromatic N) is 5. The third kappa shape index (κ3) is 2.85. The van der Waals surface area contributed by atoms with Gasteiger partial charge in [0.25, 0.3) is 5.91 Å². The van der Waals surface area contributed by atoms with Crippen LogP contribution in [0.25, 0.3) is 0 Å². The molecule has 22 heavy (non-hydrogen) atoms. The fourth-order valence-corrected chi connectivity index (χ4v) is 3.18. The Morgan fingerprint density at radius 2 is 2.00 bits per heavy atom. The highest BCUT2D eigenvalue weighted by Gasteiger charge is 2.25. The lowest BCUT2D eigenvalue weighted by atomic mass is 10.2. The highest BCUT2D eigenvalue weighted by molar-refractivity contribution is 9.10. The molecular formula is C15H18BrN5O. The van der Waals surface area contributed by atoms with Crippen LogP contribution in [0.2, 0.25) is 0 Å². The lowest BCUT2D eigenvalue weighted by Crippen LogP contribution is -2.49. The van der Waals surface area contributed by atoms with E-state index in [0.717, 1.165) is 28.9 Å². The normalized spacial score (nSPS) is 15.2. The van der Waals surface area contributed by atoms with Gasteiger partial charge in [-0.05, 0) is 40.5 Å². The van der Waals surface area contributed by atoms with Gasteiger partial charge in [0.05, 0.1) is 0 Å². The van der Waals surface area contributed by atoms with Crippen LogP contribution in [-0.4, -0.2) is 51.8 Å². The van der Waals surface area contributed by atoms with Crippen molar-refractivity contribution in [2.24, 2.45) is 7.05 Å². The molecule has 2 aromatic heterocycles. The molecule has 0 radical (unpaired) electrons. The molecule has 1 amide bonds. The fraction of sp³-hybridized carbons (Fsp3) is 0.400. The first kappa shape index (κ1) is 15.0. The highest BCUT2D eigenvalue weighted by Crippen LogP contribution is 2.22. The van der Waals surface area contributed by atoms with Gasteiger partial charge in [0.2, 0.25) is 0 Å². The number of aromatic nitrogens is 3. The van der Waals surface area contributed by atoms with Crippen molar-refractivity contribution in [1.29, 1.82) is 0 Å². The summed E-state index contributed by atoms with van der Waals surface area (Å²) in [4.78, 5) is 21.1. The first-order valence-electron chi connectivity index (χ1n) is 7.20. The van der Waals surface area contributed by atoms with Crippen LogP contribution in [-0.2, 0) is 7.05 Å². The second kappa shape index (κ2) is 6.08. The summed E-state index contributed by atoms with van der Waals surface area (Å²) < 4.78 is 2.61. The van der Waals surface area contributed by atoms with Crippen molar-refractivity contribution in [3.63, 3.8) is 0 Å². The Bertz CT molecular complexity index is 691. The summed E-state index contributed by atoms with van der Waals surface area (Å²) in [6.45, 7) is 5.03. The molecule has 0 bridgehead atoms. The summed E-state index contributed by atoms with van der Waals surface area (Å²) in [5, 5.41) is 4.06. The van der Waals surface area contributed by atoms with Crippen LogP contribution >= 0.6 is 15.9 Å². The van der Waals surface area contributed by atoms with Gasteiger partial charge in [0, 0.05) is 50.1 Å². The number of hydrogen-bond acceptors (Lipinski definition) is 4. The first-order valence-corrected chi connectivity index (χ1v) is 8.00. The van der Waals surface area contributed by atoms with Gasteiger partial charge in [-0.15, -0.1) is 0 Å². The molecule has 0 aliphatic carbocycles. The Kier molecular flexibility index (Phi) is 4.15. The van der Waals surface area contributed by atoms with Gasteiger partial charge in [0.15, 0.2) is 0 Å². The first-order chi connectivity index (χ1) is 10.6. The van der Waals surface area contributed by atoms with E-state index >= 15 is 0 Å². The van der Waals surface area contributed by atoms with Crippen LogP contribution in [0.1, 0.15) is 16.1 Å². The van der Waals surface area contributed by atoms with Crippen LogP contribution in [0.4, 0.5) is 5.82 Å². The number of halogens is 1. The molecule has 1 aliphatic heterocycles. The zero-order valence-electron chi connectivity index (χ0n) is 12.7. The minimum atomic E-state index is 0.0418. The Morgan fingerprint density at radius 3 is 2.59 bits per heavy atom. The Labute approximate surface area is 137 Å². The van der Waals surface area contributed by atoms with Gasteiger partial charge in [0.1, 0.15) is 11.5 Å². The molecular weight excluding hydrogens is 346 g/mol. The molecule has 1 fully saturated rings. The van der Waals surface area contributed by atoms with Crippen molar-refractivity contribution in [3.8, 4) is 0 Å². The van der Waals surface area contributed by atoms with Crippen molar-refractivity contribution < 1.29 is 4.79 Å². The summed E-state index contributed by atoms with van der Waals surface area (Å²) in [7, 11) is 1.79. The zero-order chi connectivity index (χ0) is 15.7. The molecule has 7 heteroatoms. The lowest BCUT2D eigenvalue weighted by molar-refractivity contribution is 0.0735. The molecule has 1 aliphatic rings. The van der Waals surface area contributed by atoms with Gasteiger partial charge in [-0.2, -0.15) is 5.10 Å². The molecule has 0 atom stereocenters. The quantitative estimate of drug-likeness (QED) is 0.816. The zero-order valence-corrected chi connectivity index (χ0v) is 14.2. The number of carbonyl (C=O) groups excluding carboxylic acids is 1. The maximum absolute atomic E-state index is 12.5. The monoisotopic (exact) mass is 363 g/mol. The number of hydrogen-bond donors (Lipinski definition) is 0. The van der Waals surface area contributed by atoms with E-state index in [1.165, 1.54) is 0 Å². The second-order valence-electron chi connectivity index (χ2n) is 5.41. The minimum absolute atomic E-state index is 0.0418. The van der Waals surface area contributed by atoms with Crippen molar-refractivity contribution in [1.82, 2.24) is 19.7 Å². The number of piperazine rings is 1. The minimum Gasteiger partial charge on any atom is -0.353 e. The molecule has 0 aromatic carbocycles. The summed E-state index contributed by atoms with van der Waals surface area (Å²) >= 11 is 3.44. The Morgan fingerprint density at radius 1 is 1.27 bits per heavy atom. The van der Waals surface area contributed by atoms with Crippen molar-refractivity contribution in [2.75, 3.05) is 31.1 Å². The SMILES string of the molecule is Cc1cc(Br)cnc1N1CCN(C(=O)c2ccnn2C)CC1. The van der Waals surface area contributed by atoms with Gasteiger partial charge >= 0.3 is 0 Å². The average Bonchev–Trinajstić information content (AvgIpc) is 2.93. The largest absolute Gasteiger partial charge is 0.353 e. The number of pyridine rings is 1. The Hall–Kier alpha value is -1.89. The van der Waals surface area contributed by atoms with Gasteiger partial charge in [-0.25, -0.2) is 4.98 Å². The van der Waals surface area contributed by atoms with Crippen molar-refractivity contribution >= 4 is 27.7 Å². The number of amides is 1. The van der Waals surface area contributed by atoms with E-state index in [1.54, 1.807) is 24.0 Å². The molecule has 0 spiro atoms. The van der Waals surface area contributed by atoms with E-state index in [9.17, 15) is 4.79 Å². The molecule has 0 N–H and O–H groups in total. The van der Waals surface area contributed by atoms with E-state index in [-0.39, 0.29) is 5.91 Å². The second-order valence-corrected chi connectivity index (χ2v) is 6.33. The summed E-state index contributed by atoms with van der Waals surface area (Å²) in [6, 6.07) is 3.82. The average molecular weight is 364 g/mol. The van der Waals surface area contributed by atoms with E-state index < -0.39 is 0 Å². The molecule has 2 aromatic rings. The lowest BCUT2D eigenvalue weighted by Gasteiger charge is -2.36. The predicted octanol–water partition coefficient (Wildman–Crippen LogP) is 1.85. The van der Waals surface area contributed by atoms with Crippen LogP contribution < -0.4 is 4.90 Å². The van der Waals surface area contributed by atoms with E-state index in [4.69, 9.17) is 0 Å². The standard InChI is InChI=1S/C15H18BrN5O/c1-11-9-12(16)10-17-14(11)20-5-7-21(8-6-20)15(22)13-3-4-18-19(13)2/h3-4,9-10H,5-8H2,1-2H3. The van der Waals surface area contributed by atoms with Crippen LogP contribution in [0.5, 0.6) is 0 Å². The smallest absolute Gasteiger partial charge is 0.272 e. The van der Waals surface area contributed by atoms with E-state index in [1.807, 2.05) is 11.1 Å². The number of carbonyl (C=O) groups is 1. The molecule has 3 rings (SSSR count).